The lowest BCUT2D eigenvalue weighted by Gasteiger charge is -2.40. The van der Waals surface area contributed by atoms with Crippen molar-refractivity contribution in [3.05, 3.63) is 64.5 Å². The number of aromatic hydroxyl groups is 1. The third-order valence-corrected chi connectivity index (χ3v) is 5.21. The Bertz CT molecular complexity index is 1070. The van der Waals surface area contributed by atoms with Crippen LogP contribution >= 0.6 is 0 Å². The zero-order chi connectivity index (χ0) is 20.7. The van der Waals surface area contributed by atoms with Gasteiger partial charge in [-0.2, -0.15) is 0 Å². The quantitative estimate of drug-likeness (QED) is 0.432. The van der Waals surface area contributed by atoms with Gasteiger partial charge in [-0.1, -0.05) is 24.3 Å². The van der Waals surface area contributed by atoms with Crippen molar-refractivity contribution in [3.63, 3.8) is 0 Å². The predicted octanol–water partition coefficient (Wildman–Crippen LogP) is 0.680. The molecule has 0 radical (unpaired) electrons. The summed E-state index contributed by atoms with van der Waals surface area (Å²) in [5, 5.41) is 49.5. The molecule has 1 aliphatic heterocycles. The molecule has 2 aromatic carbocycles. The Morgan fingerprint density at radius 3 is 2.34 bits per heavy atom. The molecule has 0 spiro atoms. The maximum atomic E-state index is 13.0. The van der Waals surface area contributed by atoms with Crippen LogP contribution in [0.1, 0.15) is 11.7 Å². The summed E-state index contributed by atoms with van der Waals surface area (Å²) in [7, 11) is 0. The van der Waals surface area contributed by atoms with Crippen molar-refractivity contribution < 1.29 is 34.7 Å². The fraction of sp³-hybridized carbons (Fsp3) is 0.286. The lowest BCUT2D eigenvalue weighted by Crippen LogP contribution is -2.55. The van der Waals surface area contributed by atoms with Gasteiger partial charge in [0.05, 0.1) is 17.6 Å². The van der Waals surface area contributed by atoms with Gasteiger partial charge in [0, 0.05) is 5.56 Å². The fourth-order valence-electron chi connectivity index (χ4n) is 3.60. The summed E-state index contributed by atoms with van der Waals surface area (Å²) in [5.74, 6) is 0.0730. The third-order valence-electron chi connectivity index (χ3n) is 5.21. The smallest absolute Gasteiger partial charge is 0.200 e. The number of hydrogen-bond donors (Lipinski definition) is 5. The molecule has 0 unspecified atom stereocenters. The summed E-state index contributed by atoms with van der Waals surface area (Å²) >= 11 is 0. The fourth-order valence-corrected chi connectivity index (χ4v) is 3.60. The van der Waals surface area contributed by atoms with Crippen LogP contribution in [-0.2, 0) is 4.74 Å². The zero-order valence-electron chi connectivity index (χ0n) is 15.2. The van der Waals surface area contributed by atoms with Crippen LogP contribution in [0.15, 0.2) is 57.9 Å². The topological polar surface area (TPSA) is 141 Å². The molecule has 1 aromatic heterocycles. The van der Waals surface area contributed by atoms with Crippen LogP contribution in [0.4, 0.5) is 0 Å². The number of ether oxygens (including phenoxy) is 1. The number of hydrogen-bond acceptors (Lipinski definition) is 8. The van der Waals surface area contributed by atoms with E-state index in [1.54, 1.807) is 30.3 Å². The molecule has 5 N–H and O–H groups in total. The van der Waals surface area contributed by atoms with E-state index in [-0.39, 0.29) is 22.1 Å². The van der Waals surface area contributed by atoms with Crippen LogP contribution in [0.3, 0.4) is 0 Å². The first-order chi connectivity index (χ1) is 13.9. The summed E-state index contributed by atoms with van der Waals surface area (Å²) in [6.07, 6.45) is -5.41. The monoisotopic (exact) mass is 400 g/mol. The van der Waals surface area contributed by atoms with Crippen molar-refractivity contribution in [2.24, 2.45) is 0 Å². The Labute approximate surface area is 164 Å². The van der Waals surface area contributed by atoms with Gasteiger partial charge < -0.3 is 34.7 Å². The second kappa shape index (κ2) is 7.58. The van der Waals surface area contributed by atoms with Crippen LogP contribution < -0.4 is 5.43 Å². The van der Waals surface area contributed by atoms with Crippen molar-refractivity contribution >= 4 is 11.0 Å². The van der Waals surface area contributed by atoms with Crippen molar-refractivity contribution in [3.8, 4) is 16.9 Å². The molecule has 2 heterocycles. The maximum Gasteiger partial charge on any atom is 0.200 e. The average molecular weight is 400 g/mol. The number of rotatable bonds is 3. The normalized spacial score (nSPS) is 27.2. The molecule has 3 aromatic rings. The van der Waals surface area contributed by atoms with Gasteiger partial charge in [-0.05, 0) is 23.8 Å². The molecular weight excluding hydrogens is 380 g/mol. The molecule has 0 aliphatic carbocycles. The number of fused-ring (bicyclic) bond motifs is 1. The van der Waals surface area contributed by atoms with E-state index in [0.29, 0.717) is 16.7 Å². The summed E-state index contributed by atoms with van der Waals surface area (Å²) in [4.78, 5) is 13.0. The first kappa shape index (κ1) is 19.6. The average Bonchev–Trinajstić information content (AvgIpc) is 2.73. The highest BCUT2D eigenvalue weighted by molar-refractivity contribution is 5.84. The highest BCUT2D eigenvalue weighted by Gasteiger charge is 2.44. The molecule has 1 aliphatic rings. The summed E-state index contributed by atoms with van der Waals surface area (Å²) in [5.41, 5.74) is 1.03. The van der Waals surface area contributed by atoms with Crippen LogP contribution in [0.5, 0.6) is 5.75 Å². The Kier molecular flexibility index (Phi) is 5.12. The standard InChI is InChI=1S/C21H20O8/c22-8-15-17(25)18(26)19(27)21(29-15)13-3-1-2-12-16(24)14(9-28-20(12)13)10-4-6-11(23)7-5-10/h1-7,9,15,17-19,21-23,25-27H,8H2/t15-,17-,18+,19-,21+/m1/s1. The molecule has 1 saturated heterocycles. The van der Waals surface area contributed by atoms with E-state index < -0.39 is 37.1 Å². The molecule has 0 amide bonds. The number of benzene rings is 2. The van der Waals surface area contributed by atoms with Crippen LogP contribution in [0, 0.1) is 0 Å². The Morgan fingerprint density at radius 1 is 0.931 bits per heavy atom. The molecule has 152 valence electrons. The van der Waals surface area contributed by atoms with Gasteiger partial charge in [-0.3, -0.25) is 4.79 Å². The maximum absolute atomic E-state index is 13.0. The second-order valence-electron chi connectivity index (χ2n) is 7.00. The van der Waals surface area contributed by atoms with Crippen LogP contribution in [0.2, 0.25) is 0 Å². The minimum absolute atomic E-state index is 0.0730. The van der Waals surface area contributed by atoms with Gasteiger partial charge in [0.1, 0.15) is 48.1 Å². The summed E-state index contributed by atoms with van der Waals surface area (Å²) in [6.45, 7) is -0.554. The minimum atomic E-state index is -1.54. The molecule has 8 heteroatoms. The number of phenols is 1. The van der Waals surface area contributed by atoms with E-state index in [0.717, 1.165) is 0 Å². The van der Waals surface area contributed by atoms with Gasteiger partial charge in [0.25, 0.3) is 0 Å². The van der Waals surface area contributed by atoms with E-state index in [4.69, 9.17) is 9.15 Å². The SMILES string of the molecule is O=c1c(-c2ccc(O)cc2)coc2c([C@@H]3O[C@H](CO)[C@@H](O)[C@H](O)[C@H]3O)cccc12. The lowest BCUT2D eigenvalue weighted by atomic mass is 9.90. The van der Waals surface area contributed by atoms with Crippen LogP contribution in [0.25, 0.3) is 22.1 Å². The minimum Gasteiger partial charge on any atom is -0.508 e. The first-order valence-corrected chi connectivity index (χ1v) is 9.06. The van der Waals surface area contributed by atoms with Crippen molar-refractivity contribution in [1.29, 1.82) is 0 Å². The molecule has 4 rings (SSSR count). The molecular formula is C21H20O8. The highest BCUT2D eigenvalue weighted by atomic mass is 16.5. The Balaban J connectivity index is 1.82. The van der Waals surface area contributed by atoms with Gasteiger partial charge in [-0.15, -0.1) is 0 Å². The largest absolute Gasteiger partial charge is 0.508 e. The molecule has 8 nitrogen and oxygen atoms in total. The zero-order valence-corrected chi connectivity index (χ0v) is 15.2. The third kappa shape index (κ3) is 3.31. The van der Waals surface area contributed by atoms with Crippen molar-refractivity contribution in [2.45, 2.75) is 30.5 Å². The van der Waals surface area contributed by atoms with E-state index in [1.807, 2.05) is 0 Å². The van der Waals surface area contributed by atoms with Gasteiger partial charge in [0.2, 0.25) is 5.43 Å². The number of aliphatic hydroxyl groups is 4. The Morgan fingerprint density at radius 2 is 1.66 bits per heavy atom. The van der Waals surface area contributed by atoms with E-state index in [2.05, 4.69) is 0 Å². The van der Waals surface area contributed by atoms with E-state index in [9.17, 15) is 30.3 Å². The molecule has 29 heavy (non-hydrogen) atoms. The second-order valence-corrected chi connectivity index (χ2v) is 7.00. The van der Waals surface area contributed by atoms with Crippen LogP contribution in [-0.4, -0.2) is 56.6 Å². The number of phenolic OH excluding ortho intramolecular Hbond substituents is 1. The molecule has 1 fully saturated rings. The lowest BCUT2D eigenvalue weighted by molar-refractivity contribution is -0.231. The van der Waals surface area contributed by atoms with Gasteiger partial charge in [-0.25, -0.2) is 0 Å². The van der Waals surface area contributed by atoms with Crippen molar-refractivity contribution in [1.82, 2.24) is 0 Å². The molecule has 0 bridgehead atoms. The predicted molar refractivity (Wildman–Crippen MR) is 102 cm³/mol. The van der Waals surface area contributed by atoms with E-state index >= 15 is 0 Å². The van der Waals surface area contributed by atoms with Gasteiger partial charge in [0.15, 0.2) is 0 Å². The van der Waals surface area contributed by atoms with E-state index in [1.165, 1.54) is 18.4 Å². The molecule has 0 saturated carbocycles. The van der Waals surface area contributed by atoms with Gasteiger partial charge >= 0.3 is 0 Å². The Hall–Kier alpha value is -2.75. The van der Waals surface area contributed by atoms with Crippen molar-refractivity contribution in [2.75, 3.05) is 6.61 Å². The first-order valence-electron chi connectivity index (χ1n) is 9.06. The number of aliphatic hydroxyl groups excluding tert-OH is 4. The molecule has 5 atom stereocenters. The summed E-state index contributed by atoms with van der Waals surface area (Å²) in [6, 6.07) is 10.9. The highest BCUT2D eigenvalue weighted by Crippen LogP contribution is 2.36. The number of para-hydroxylation sites is 1. The summed E-state index contributed by atoms with van der Waals surface area (Å²) < 4.78 is 11.3.